The van der Waals surface area contributed by atoms with Crippen LogP contribution in [-0.4, -0.2) is 28.8 Å². The summed E-state index contributed by atoms with van der Waals surface area (Å²) in [5, 5.41) is 24.6. The molecular weight excluding hydrogens is 394 g/mol. The molecule has 9 heteroatoms. The third-order valence-electron chi connectivity index (χ3n) is 3.06. The van der Waals surface area contributed by atoms with Crippen LogP contribution in [0, 0.1) is 10.1 Å². The molecule has 0 radical (unpaired) electrons. The lowest BCUT2D eigenvalue weighted by molar-refractivity contribution is -0.384. The molecule has 1 amide bonds. The van der Waals surface area contributed by atoms with Crippen LogP contribution in [0.3, 0.4) is 0 Å². The minimum Gasteiger partial charge on any atom is -0.504 e. The SMILES string of the molecule is CCOc1cc(Br)cc(/C=N/NC(=O)c2cccc([N+](=O)[O-])c2)c1O. The molecule has 0 unspecified atom stereocenters. The van der Waals surface area contributed by atoms with Crippen LogP contribution in [0.1, 0.15) is 22.8 Å². The Balaban J connectivity index is 2.14. The Morgan fingerprint density at radius 1 is 1.44 bits per heavy atom. The second-order valence-electron chi connectivity index (χ2n) is 4.78. The number of halogens is 1. The topological polar surface area (TPSA) is 114 Å². The fourth-order valence-electron chi connectivity index (χ4n) is 1.94. The maximum Gasteiger partial charge on any atom is 0.271 e. The molecule has 0 aliphatic rings. The maximum atomic E-state index is 12.0. The molecule has 0 saturated carbocycles. The lowest BCUT2D eigenvalue weighted by atomic mass is 10.2. The zero-order valence-electron chi connectivity index (χ0n) is 13.1. The molecule has 0 heterocycles. The van der Waals surface area contributed by atoms with Crippen LogP contribution >= 0.6 is 15.9 Å². The smallest absolute Gasteiger partial charge is 0.271 e. The van der Waals surface area contributed by atoms with Crippen molar-refractivity contribution in [3.05, 3.63) is 62.1 Å². The van der Waals surface area contributed by atoms with E-state index in [4.69, 9.17) is 4.74 Å². The Kier molecular flexibility index (Phi) is 6.07. The summed E-state index contributed by atoms with van der Waals surface area (Å²) in [4.78, 5) is 22.1. The fraction of sp³-hybridized carbons (Fsp3) is 0.125. The van der Waals surface area contributed by atoms with Crippen molar-refractivity contribution < 1.29 is 19.6 Å². The maximum absolute atomic E-state index is 12.0. The number of non-ortho nitro benzene ring substituents is 1. The molecule has 0 aliphatic heterocycles. The Bertz CT molecular complexity index is 839. The predicted octanol–water partition coefficient (Wildman–Crippen LogP) is 3.23. The zero-order chi connectivity index (χ0) is 18.4. The minimum absolute atomic E-state index is 0.0971. The number of hydrogen-bond donors (Lipinski definition) is 2. The Hall–Kier alpha value is -2.94. The standard InChI is InChI=1S/C16H14BrN3O5/c1-2-25-14-8-12(17)6-11(15(14)21)9-18-19-16(22)10-4-3-5-13(7-10)20(23)24/h3-9,21H,2H2,1H3,(H,19,22)/b18-9+. The summed E-state index contributed by atoms with van der Waals surface area (Å²) in [6.07, 6.45) is 1.25. The number of amides is 1. The number of benzene rings is 2. The number of carbonyl (C=O) groups is 1. The van der Waals surface area contributed by atoms with Gasteiger partial charge in [-0.15, -0.1) is 0 Å². The van der Waals surface area contributed by atoms with Gasteiger partial charge >= 0.3 is 0 Å². The lowest BCUT2D eigenvalue weighted by Gasteiger charge is -2.08. The van der Waals surface area contributed by atoms with Gasteiger partial charge in [-0.25, -0.2) is 5.43 Å². The molecule has 2 aromatic rings. The molecule has 2 aromatic carbocycles. The van der Waals surface area contributed by atoms with Crippen LogP contribution < -0.4 is 10.2 Å². The highest BCUT2D eigenvalue weighted by atomic mass is 79.9. The second-order valence-corrected chi connectivity index (χ2v) is 5.70. The largest absolute Gasteiger partial charge is 0.504 e. The van der Waals surface area contributed by atoms with Gasteiger partial charge in [0.25, 0.3) is 11.6 Å². The molecule has 0 bridgehead atoms. The zero-order valence-corrected chi connectivity index (χ0v) is 14.7. The first-order chi connectivity index (χ1) is 11.9. The fourth-order valence-corrected chi connectivity index (χ4v) is 2.40. The van der Waals surface area contributed by atoms with Crippen molar-refractivity contribution in [1.82, 2.24) is 5.43 Å². The van der Waals surface area contributed by atoms with E-state index in [-0.39, 0.29) is 22.7 Å². The predicted molar refractivity (Wildman–Crippen MR) is 95.1 cm³/mol. The Morgan fingerprint density at radius 3 is 2.88 bits per heavy atom. The minimum atomic E-state index is -0.612. The molecular formula is C16H14BrN3O5. The number of hydrazone groups is 1. The number of phenolic OH excluding ortho intramolecular Hbond substituents is 1. The molecule has 2 N–H and O–H groups in total. The van der Waals surface area contributed by atoms with Crippen molar-refractivity contribution in [3.63, 3.8) is 0 Å². The second kappa shape index (κ2) is 8.25. The van der Waals surface area contributed by atoms with Crippen molar-refractivity contribution in [1.29, 1.82) is 0 Å². The quantitative estimate of drug-likeness (QED) is 0.433. The van der Waals surface area contributed by atoms with Crippen LogP contribution in [-0.2, 0) is 0 Å². The number of rotatable bonds is 6. The van der Waals surface area contributed by atoms with E-state index in [1.807, 2.05) is 0 Å². The summed E-state index contributed by atoms with van der Waals surface area (Å²) in [5.74, 6) is -0.443. The first kappa shape index (κ1) is 18.4. The third-order valence-corrected chi connectivity index (χ3v) is 3.52. The van der Waals surface area contributed by atoms with E-state index in [0.29, 0.717) is 16.6 Å². The van der Waals surface area contributed by atoms with Crippen molar-refractivity contribution in [3.8, 4) is 11.5 Å². The highest BCUT2D eigenvalue weighted by Crippen LogP contribution is 2.32. The number of hydrogen-bond acceptors (Lipinski definition) is 6. The summed E-state index contributed by atoms with van der Waals surface area (Å²) in [6, 6.07) is 8.48. The Morgan fingerprint density at radius 2 is 2.20 bits per heavy atom. The van der Waals surface area contributed by atoms with E-state index in [1.54, 1.807) is 19.1 Å². The van der Waals surface area contributed by atoms with Gasteiger partial charge in [0.05, 0.1) is 17.7 Å². The van der Waals surface area contributed by atoms with Gasteiger partial charge in [0.15, 0.2) is 11.5 Å². The van der Waals surface area contributed by atoms with E-state index in [2.05, 4.69) is 26.5 Å². The molecule has 0 saturated heterocycles. The average Bonchev–Trinajstić information content (AvgIpc) is 2.59. The van der Waals surface area contributed by atoms with Crippen molar-refractivity contribution in [2.75, 3.05) is 6.61 Å². The third kappa shape index (κ3) is 4.77. The van der Waals surface area contributed by atoms with Crippen molar-refractivity contribution in [2.45, 2.75) is 6.92 Å². The number of nitrogens with one attached hydrogen (secondary N) is 1. The summed E-state index contributed by atoms with van der Waals surface area (Å²) < 4.78 is 5.96. The molecule has 25 heavy (non-hydrogen) atoms. The normalized spacial score (nSPS) is 10.6. The highest BCUT2D eigenvalue weighted by molar-refractivity contribution is 9.10. The van der Waals surface area contributed by atoms with Gasteiger partial charge in [-0.05, 0) is 25.1 Å². The molecule has 0 fully saturated rings. The number of nitro benzene ring substituents is 1. The summed E-state index contributed by atoms with van der Waals surface area (Å²) in [5.41, 5.74) is 2.49. The molecule has 2 rings (SSSR count). The van der Waals surface area contributed by atoms with Crippen LogP contribution in [0.15, 0.2) is 46.0 Å². The van der Waals surface area contributed by atoms with Crippen LogP contribution in [0.5, 0.6) is 11.5 Å². The molecule has 0 aliphatic carbocycles. The number of ether oxygens (including phenoxy) is 1. The van der Waals surface area contributed by atoms with E-state index >= 15 is 0 Å². The van der Waals surface area contributed by atoms with Crippen LogP contribution in [0.4, 0.5) is 5.69 Å². The summed E-state index contributed by atoms with van der Waals surface area (Å²) >= 11 is 3.29. The van der Waals surface area contributed by atoms with Gasteiger partial charge in [-0.2, -0.15) is 5.10 Å². The average molecular weight is 408 g/mol. The van der Waals surface area contributed by atoms with E-state index in [9.17, 15) is 20.0 Å². The lowest BCUT2D eigenvalue weighted by Crippen LogP contribution is -2.17. The molecule has 130 valence electrons. The van der Waals surface area contributed by atoms with Gasteiger partial charge in [0, 0.05) is 27.7 Å². The number of aromatic hydroxyl groups is 1. The molecule has 0 spiro atoms. The van der Waals surface area contributed by atoms with E-state index in [1.165, 1.54) is 24.4 Å². The van der Waals surface area contributed by atoms with Gasteiger partial charge < -0.3 is 9.84 Å². The van der Waals surface area contributed by atoms with Gasteiger partial charge in [-0.1, -0.05) is 22.0 Å². The molecule has 8 nitrogen and oxygen atoms in total. The summed E-state index contributed by atoms with van der Waals surface area (Å²) in [6.45, 7) is 2.16. The van der Waals surface area contributed by atoms with Crippen LogP contribution in [0.25, 0.3) is 0 Å². The highest BCUT2D eigenvalue weighted by Gasteiger charge is 2.11. The number of carbonyl (C=O) groups excluding carboxylic acids is 1. The first-order valence-electron chi connectivity index (χ1n) is 7.15. The Labute approximate surface area is 151 Å². The van der Waals surface area contributed by atoms with Gasteiger partial charge in [0.2, 0.25) is 0 Å². The number of nitro groups is 1. The van der Waals surface area contributed by atoms with E-state index < -0.39 is 10.8 Å². The number of nitrogens with zero attached hydrogens (tertiary/aromatic N) is 2. The number of phenols is 1. The van der Waals surface area contributed by atoms with Crippen molar-refractivity contribution in [2.24, 2.45) is 5.10 Å². The van der Waals surface area contributed by atoms with Gasteiger partial charge in [0.1, 0.15) is 0 Å². The first-order valence-corrected chi connectivity index (χ1v) is 7.94. The van der Waals surface area contributed by atoms with Gasteiger partial charge in [-0.3, -0.25) is 14.9 Å². The van der Waals surface area contributed by atoms with E-state index in [0.717, 1.165) is 6.07 Å². The molecule has 0 atom stereocenters. The summed E-state index contributed by atoms with van der Waals surface area (Å²) in [7, 11) is 0. The van der Waals surface area contributed by atoms with Crippen LogP contribution in [0.2, 0.25) is 0 Å². The molecule has 0 aromatic heterocycles. The monoisotopic (exact) mass is 407 g/mol. The van der Waals surface area contributed by atoms with Crippen molar-refractivity contribution >= 4 is 33.7 Å².